The number of hydrogen-bond donors (Lipinski definition) is 0. The summed E-state index contributed by atoms with van der Waals surface area (Å²) in [7, 11) is 1.89. The van der Waals surface area contributed by atoms with Crippen molar-refractivity contribution in [3.8, 4) is 0 Å². The minimum Gasteiger partial charge on any atom is -0.339 e. The predicted octanol–water partition coefficient (Wildman–Crippen LogP) is 3.32. The van der Waals surface area contributed by atoms with Crippen molar-refractivity contribution in [2.45, 2.75) is 38.3 Å². The molecule has 0 N–H and O–H groups in total. The molecule has 1 heterocycles. The summed E-state index contributed by atoms with van der Waals surface area (Å²) in [6, 6.07) is 15.9. The summed E-state index contributed by atoms with van der Waals surface area (Å²) < 4.78 is 1.75. The molecule has 1 aromatic heterocycles. The molecule has 1 aliphatic rings. The number of fused-ring (bicyclic) bond motifs is 2. The zero-order valence-corrected chi connectivity index (χ0v) is 15.5. The molecule has 27 heavy (non-hydrogen) atoms. The molecule has 138 valence electrons. The standard InChI is InChI=1S/C22H23N3O2/c1-24(19-12-6-8-16-7-2-3-9-17(16)19)22(27)13-14-25-20-11-5-4-10-18(20)21(26)15-23-25/h2-5,7,9-11,15,19H,6,8,12-14H2,1H3/t19-/m1/s1. The normalized spacial score (nSPS) is 16.1. The molecule has 5 nitrogen and oxygen atoms in total. The number of aryl methyl sites for hydroxylation is 2. The summed E-state index contributed by atoms with van der Waals surface area (Å²) in [6.07, 6.45) is 4.87. The van der Waals surface area contributed by atoms with Crippen LogP contribution in [-0.4, -0.2) is 27.6 Å². The zero-order valence-electron chi connectivity index (χ0n) is 15.5. The van der Waals surface area contributed by atoms with Gasteiger partial charge >= 0.3 is 0 Å². The van der Waals surface area contributed by atoms with Gasteiger partial charge in [0.15, 0.2) is 0 Å². The van der Waals surface area contributed by atoms with E-state index in [1.807, 2.05) is 36.2 Å². The SMILES string of the molecule is CN(C(=O)CCn1ncc(=O)c2ccccc21)[C@@H]1CCCc2ccccc21. The van der Waals surface area contributed by atoms with E-state index in [9.17, 15) is 9.59 Å². The zero-order chi connectivity index (χ0) is 18.8. The van der Waals surface area contributed by atoms with Crippen LogP contribution in [0.3, 0.4) is 0 Å². The summed E-state index contributed by atoms with van der Waals surface area (Å²) in [6.45, 7) is 0.457. The Morgan fingerprint density at radius 2 is 1.96 bits per heavy atom. The highest BCUT2D eigenvalue weighted by molar-refractivity contribution is 5.79. The van der Waals surface area contributed by atoms with Crippen molar-refractivity contribution >= 4 is 16.8 Å². The van der Waals surface area contributed by atoms with Crippen molar-refractivity contribution < 1.29 is 4.79 Å². The van der Waals surface area contributed by atoms with E-state index in [1.54, 1.807) is 10.7 Å². The fraction of sp³-hybridized carbons (Fsp3) is 0.318. The minimum atomic E-state index is -0.0934. The Balaban J connectivity index is 1.51. The predicted molar refractivity (Wildman–Crippen MR) is 106 cm³/mol. The lowest BCUT2D eigenvalue weighted by atomic mass is 9.87. The highest BCUT2D eigenvalue weighted by Crippen LogP contribution is 2.33. The number of benzene rings is 2. The quantitative estimate of drug-likeness (QED) is 0.716. The first kappa shape index (κ1) is 17.5. The van der Waals surface area contributed by atoms with Gasteiger partial charge in [-0.05, 0) is 42.5 Å². The molecule has 3 aromatic rings. The van der Waals surface area contributed by atoms with Gasteiger partial charge in [-0.25, -0.2) is 0 Å². The van der Waals surface area contributed by atoms with Crippen molar-refractivity contribution in [3.63, 3.8) is 0 Å². The number of nitrogens with zero attached hydrogens (tertiary/aromatic N) is 3. The molecule has 0 fully saturated rings. The third-order valence-corrected chi connectivity index (χ3v) is 5.50. The maximum Gasteiger partial charge on any atom is 0.224 e. The van der Waals surface area contributed by atoms with E-state index in [1.165, 1.54) is 17.3 Å². The molecule has 0 saturated heterocycles. The average Bonchev–Trinajstić information content (AvgIpc) is 2.72. The van der Waals surface area contributed by atoms with Gasteiger partial charge in [0.1, 0.15) is 0 Å². The smallest absolute Gasteiger partial charge is 0.224 e. The van der Waals surface area contributed by atoms with Crippen molar-refractivity contribution in [2.75, 3.05) is 7.05 Å². The van der Waals surface area contributed by atoms with E-state index < -0.39 is 0 Å². The van der Waals surface area contributed by atoms with Crippen LogP contribution in [0.5, 0.6) is 0 Å². The molecular formula is C22H23N3O2. The molecule has 0 unspecified atom stereocenters. The largest absolute Gasteiger partial charge is 0.339 e. The summed E-state index contributed by atoms with van der Waals surface area (Å²) in [5, 5.41) is 4.85. The fourth-order valence-corrected chi connectivity index (χ4v) is 4.02. The molecule has 0 spiro atoms. The lowest BCUT2D eigenvalue weighted by molar-refractivity contribution is -0.132. The second-order valence-electron chi connectivity index (χ2n) is 7.11. The second-order valence-corrected chi connectivity index (χ2v) is 7.11. The second kappa shape index (κ2) is 7.35. The van der Waals surface area contributed by atoms with Gasteiger partial charge in [-0.1, -0.05) is 36.4 Å². The highest BCUT2D eigenvalue weighted by atomic mass is 16.2. The van der Waals surface area contributed by atoms with Crippen LogP contribution in [0.1, 0.15) is 36.4 Å². The number of para-hydroxylation sites is 1. The monoisotopic (exact) mass is 361 g/mol. The van der Waals surface area contributed by atoms with Crippen molar-refractivity contribution in [2.24, 2.45) is 0 Å². The maximum absolute atomic E-state index is 12.9. The van der Waals surface area contributed by atoms with E-state index in [0.717, 1.165) is 24.8 Å². The molecule has 4 rings (SSSR count). The Hall–Kier alpha value is -2.95. The van der Waals surface area contributed by atoms with Crippen LogP contribution in [0.15, 0.2) is 59.5 Å². The van der Waals surface area contributed by atoms with Gasteiger partial charge in [0.25, 0.3) is 0 Å². The minimum absolute atomic E-state index is 0.0934. The van der Waals surface area contributed by atoms with Crippen LogP contribution in [0.25, 0.3) is 10.9 Å². The van der Waals surface area contributed by atoms with Crippen molar-refractivity contribution in [1.29, 1.82) is 0 Å². The van der Waals surface area contributed by atoms with Gasteiger partial charge < -0.3 is 4.90 Å². The van der Waals surface area contributed by atoms with Crippen molar-refractivity contribution in [1.82, 2.24) is 14.7 Å². The van der Waals surface area contributed by atoms with Gasteiger partial charge in [0, 0.05) is 18.9 Å². The number of rotatable bonds is 4. The molecule has 0 aliphatic heterocycles. The van der Waals surface area contributed by atoms with E-state index in [2.05, 4.69) is 23.3 Å². The van der Waals surface area contributed by atoms with E-state index in [0.29, 0.717) is 18.4 Å². The molecular weight excluding hydrogens is 338 g/mol. The molecule has 5 heteroatoms. The average molecular weight is 361 g/mol. The third kappa shape index (κ3) is 3.37. The fourth-order valence-electron chi connectivity index (χ4n) is 4.02. The molecule has 2 aromatic carbocycles. The third-order valence-electron chi connectivity index (χ3n) is 5.50. The summed E-state index contributed by atoms with van der Waals surface area (Å²) >= 11 is 0. The first-order valence-electron chi connectivity index (χ1n) is 9.43. The number of amides is 1. The molecule has 1 amide bonds. The summed E-state index contributed by atoms with van der Waals surface area (Å²) in [5.41, 5.74) is 3.29. The van der Waals surface area contributed by atoms with Crippen LogP contribution in [0, 0.1) is 0 Å². The number of carbonyl (C=O) groups excluding carboxylic acids is 1. The van der Waals surface area contributed by atoms with E-state index in [-0.39, 0.29) is 17.4 Å². The Labute approximate surface area is 158 Å². The first-order chi connectivity index (χ1) is 13.1. The van der Waals surface area contributed by atoms with Gasteiger partial charge in [0.2, 0.25) is 11.3 Å². The van der Waals surface area contributed by atoms with Gasteiger partial charge in [-0.2, -0.15) is 5.10 Å². The molecule has 0 radical (unpaired) electrons. The van der Waals surface area contributed by atoms with Gasteiger partial charge in [-0.3, -0.25) is 14.3 Å². The van der Waals surface area contributed by atoms with Gasteiger partial charge in [-0.15, -0.1) is 0 Å². The van der Waals surface area contributed by atoms with Crippen molar-refractivity contribution in [3.05, 3.63) is 76.1 Å². The molecule has 1 atom stereocenters. The lowest BCUT2D eigenvalue weighted by Crippen LogP contribution is -2.34. The van der Waals surface area contributed by atoms with Crippen LogP contribution in [0.2, 0.25) is 0 Å². The number of aromatic nitrogens is 2. The topological polar surface area (TPSA) is 55.2 Å². The lowest BCUT2D eigenvalue weighted by Gasteiger charge is -2.33. The molecule has 1 aliphatic carbocycles. The Morgan fingerprint density at radius 3 is 2.85 bits per heavy atom. The Kier molecular flexibility index (Phi) is 4.75. The first-order valence-corrected chi connectivity index (χ1v) is 9.43. The Bertz CT molecular complexity index is 1040. The van der Waals surface area contributed by atoms with E-state index >= 15 is 0 Å². The van der Waals surface area contributed by atoms with Crippen LogP contribution in [-0.2, 0) is 17.8 Å². The number of hydrogen-bond acceptors (Lipinski definition) is 3. The number of carbonyl (C=O) groups is 1. The highest BCUT2D eigenvalue weighted by Gasteiger charge is 2.26. The molecule has 0 saturated carbocycles. The van der Waals surface area contributed by atoms with Crippen LogP contribution >= 0.6 is 0 Å². The summed E-state index contributed by atoms with van der Waals surface area (Å²) in [4.78, 5) is 26.7. The van der Waals surface area contributed by atoms with Gasteiger partial charge in [0.05, 0.1) is 24.3 Å². The molecule has 0 bridgehead atoms. The van der Waals surface area contributed by atoms with Crippen LogP contribution in [0.4, 0.5) is 0 Å². The maximum atomic E-state index is 12.9. The Morgan fingerprint density at radius 1 is 1.19 bits per heavy atom. The van der Waals surface area contributed by atoms with Crippen LogP contribution < -0.4 is 5.43 Å². The van der Waals surface area contributed by atoms with E-state index in [4.69, 9.17) is 0 Å². The summed E-state index contributed by atoms with van der Waals surface area (Å²) in [5.74, 6) is 0.0984.